The molecule has 3 nitrogen and oxygen atoms in total. The first-order chi connectivity index (χ1) is 6.82. The van der Waals surface area contributed by atoms with Crippen molar-refractivity contribution in [2.45, 2.75) is 40.2 Å². The van der Waals surface area contributed by atoms with E-state index in [4.69, 9.17) is 5.73 Å². The molecule has 15 heavy (non-hydrogen) atoms. The molecule has 0 fully saturated rings. The van der Waals surface area contributed by atoms with E-state index in [2.05, 4.69) is 32.7 Å². The molecule has 0 aliphatic rings. The van der Waals surface area contributed by atoms with E-state index in [9.17, 15) is 0 Å². The van der Waals surface area contributed by atoms with E-state index in [1.165, 1.54) is 0 Å². The smallest absolute Gasteiger partial charge is 0.125 e. The van der Waals surface area contributed by atoms with Crippen molar-refractivity contribution in [1.82, 2.24) is 9.55 Å². The Morgan fingerprint density at radius 1 is 1.47 bits per heavy atom. The van der Waals surface area contributed by atoms with Gasteiger partial charge in [0.15, 0.2) is 0 Å². The number of nitrogens with zero attached hydrogens (tertiary/aromatic N) is 2. The third-order valence-corrected chi connectivity index (χ3v) is 3.28. The minimum Gasteiger partial charge on any atom is -0.337 e. The second kappa shape index (κ2) is 4.35. The summed E-state index contributed by atoms with van der Waals surface area (Å²) in [7, 11) is 1.99. The highest BCUT2D eigenvalue weighted by atomic mass is 15.1. The molecule has 0 aliphatic carbocycles. The van der Waals surface area contributed by atoms with Crippen LogP contribution in [0.2, 0.25) is 0 Å². The molecule has 0 saturated heterocycles. The van der Waals surface area contributed by atoms with Crippen molar-refractivity contribution in [3.8, 4) is 0 Å². The molecule has 1 aromatic heterocycles. The van der Waals surface area contributed by atoms with Crippen LogP contribution in [-0.2, 0) is 7.05 Å². The fraction of sp³-hybridized carbons (Fsp3) is 0.750. The van der Waals surface area contributed by atoms with Gasteiger partial charge < -0.3 is 10.3 Å². The number of rotatable bonds is 3. The van der Waals surface area contributed by atoms with Gasteiger partial charge in [-0.1, -0.05) is 27.7 Å². The lowest BCUT2D eigenvalue weighted by Gasteiger charge is -2.29. The van der Waals surface area contributed by atoms with Gasteiger partial charge in [0.2, 0.25) is 0 Å². The molecule has 2 unspecified atom stereocenters. The molecular formula is C12H23N3. The summed E-state index contributed by atoms with van der Waals surface area (Å²) in [5, 5.41) is 0. The predicted octanol–water partition coefficient (Wildman–Crippen LogP) is 2.49. The summed E-state index contributed by atoms with van der Waals surface area (Å²) in [6.07, 6.45) is 4.72. The minimum absolute atomic E-state index is 0.0409. The lowest BCUT2D eigenvalue weighted by atomic mass is 9.78. The molecule has 0 bridgehead atoms. The molecular weight excluding hydrogens is 186 g/mol. The molecule has 3 heteroatoms. The van der Waals surface area contributed by atoms with Gasteiger partial charge in [-0.15, -0.1) is 0 Å². The minimum atomic E-state index is 0.0409. The van der Waals surface area contributed by atoms with E-state index in [1.807, 2.05) is 17.8 Å². The Labute approximate surface area is 92.7 Å². The van der Waals surface area contributed by atoms with Gasteiger partial charge >= 0.3 is 0 Å². The summed E-state index contributed by atoms with van der Waals surface area (Å²) >= 11 is 0. The molecule has 0 aromatic carbocycles. The lowest BCUT2D eigenvalue weighted by molar-refractivity contribution is 0.231. The molecule has 0 aliphatic heterocycles. The summed E-state index contributed by atoms with van der Waals surface area (Å²) in [6.45, 7) is 9.01. The number of hydrogen-bond donors (Lipinski definition) is 1. The van der Waals surface area contributed by atoms with Crippen LogP contribution in [0.1, 0.15) is 46.0 Å². The van der Waals surface area contributed by atoms with Gasteiger partial charge in [0.25, 0.3) is 0 Å². The Morgan fingerprint density at radius 3 is 2.47 bits per heavy atom. The average Bonchev–Trinajstić information content (AvgIpc) is 2.49. The van der Waals surface area contributed by atoms with Gasteiger partial charge in [-0.05, 0) is 17.8 Å². The standard InChI is InChI=1S/C12H23N3/c1-9(12(2,3)4)8-10(13)11-14-6-7-15(11)5/h6-7,9-10H,8,13H2,1-5H3. The predicted molar refractivity (Wildman–Crippen MR) is 63.4 cm³/mol. The third-order valence-electron chi connectivity index (χ3n) is 3.28. The largest absolute Gasteiger partial charge is 0.337 e. The Morgan fingerprint density at radius 2 is 2.07 bits per heavy atom. The van der Waals surface area contributed by atoms with E-state index in [-0.39, 0.29) is 6.04 Å². The molecule has 1 heterocycles. The van der Waals surface area contributed by atoms with E-state index in [0.29, 0.717) is 11.3 Å². The highest BCUT2D eigenvalue weighted by Gasteiger charge is 2.23. The van der Waals surface area contributed by atoms with Crippen molar-refractivity contribution in [2.75, 3.05) is 0 Å². The normalized spacial score (nSPS) is 16.4. The molecule has 0 amide bonds. The quantitative estimate of drug-likeness (QED) is 0.831. The SMILES string of the molecule is CC(CC(N)c1nccn1C)C(C)(C)C. The molecule has 2 N–H and O–H groups in total. The van der Waals surface area contributed by atoms with Gasteiger partial charge in [0.05, 0.1) is 6.04 Å². The zero-order valence-electron chi connectivity index (χ0n) is 10.5. The van der Waals surface area contributed by atoms with Crippen LogP contribution in [-0.4, -0.2) is 9.55 Å². The van der Waals surface area contributed by atoms with Crippen LogP contribution in [0.4, 0.5) is 0 Å². The lowest BCUT2D eigenvalue weighted by Crippen LogP contribution is -2.24. The van der Waals surface area contributed by atoms with E-state index < -0.39 is 0 Å². The second-order valence-corrected chi connectivity index (χ2v) is 5.51. The Bertz CT molecular complexity index is 309. The van der Waals surface area contributed by atoms with E-state index in [0.717, 1.165) is 12.2 Å². The van der Waals surface area contributed by atoms with Gasteiger partial charge in [0, 0.05) is 19.4 Å². The zero-order chi connectivity index (χ0) is 11.6. The fourth-order valence-electron chi connectivity index (χ4n) is 1.57. The van der Waals surface area contributed by atoms with Crippen molar-refractivity contribution < 1.29 is 0 Å². The summed E-state index contributed by atoms with van der Waals surface area (Å²) in [5.41, 5.74) is 6.46. The van der Waals surface area contributed by atoms with Crippen molar-refractivity contribution in [2.24, 2.45) is 24.1 Å². The number of aryl methyl sites for hydroxylation is 1. The van der Waals surface area contributed by atoms with Crippen molar-refractivity contribution in [1.29, 1.82) is 0 Å². The van der Waals surface area contributed by atoms with Crippen LogP contribution in [0.3, 0.4) is 0 Å². The molecule has 0 saturated carbocycles. The Balaban J connectivity index is 2.64. The molecule has 0 radical (unpaired) electrons. The monoisotopic (exact) mass is 209 g/mol. The van der Waals surface area contributed by atoms with Crippen molar-refractivity contribution >= 4 is 0 Å². The molecule has 1 rings (SSSR count). The summed E-state index contributed by atoms with van der Waals surface area (Å²) < 4.78 is 2.00. The highest BCUT2D eigenvalue weighted by molar-refractivity contribution is 4.98. The van der Waals surface area contributed by atoms with Gasteiger partial charge in [-0.25, -0.2) is 4.98 Å². The summed E-state index contributed by atoms with van der Waals surface area (Å²) in [6, 6.07) is 0.0409. The van der Waals surface area contributed by atoms with Crippen LogP contribution in [0.5, 0.6) is 0 Å². The molecule has 0 spiro atoms. The fourth-order valence-corrected chi connectivity index (χ4v) is 1.57. The van der Waals surface area contributed by atoms with Crippen molar-refractivity contribution in [3.05, 3.63) is 18.2 Å². The maximum absolute atomic E-state index is 6.15. The molecule has 86 valence electrons. The first-order valence-electron chi connectivity index (χ1n) is 5.55. The number of aromatic nitrogens is 2. The van der Waals surface area contributed by atoms with Crippen LogP contribution < -0.4 is 5.73 Å². The maximum Gasteiger partial charge on any atom is 0.125 e. The number of imidazole rings is 1. The third kappa shape index (κ3) is 3.06. The molecule has 1 aromatic rings. The van der Waals surface area contributed by atoms with Crippen LogP contribution in [0, 0.1) is 11.3 Å². The van der Waals surface area contributed by atoms with Gasteiger partial charge in [-0.3, -0.25) is 0 Å². The van der Waals surface area contributed by atoms with Crippen LogP contribution in [0.25, 0.3) is 0 Å². The van der Waals surface area contributed by atoms with E-state index >= 15 is 0 Å². The van der Waals surface area contributed by atoms with Crippen LogP contribution in [0.15, 0.2) is 12.4 Å². The Kier molecular flexibility index (Phi) is 3.55. The van der Waals surface area contributed by atoms with E-state index in [1.54, 1.807) is 6.20 Å². The van der Waals surface area contributed by atoms with Crippen molar-refractivity contribution in [3.63, 3.8) is 0 Å². The van der Waals surface area contributed by atoms with Gasteiger partial charge in [-0.2, -0.15) is 0 Å². The summed E-state index contributed by atoms with van der Waals surface area (Å²) in [5.74, 6) is 1.57. The first-order valence-corrected chi connectivity index (χ1v) is 5.55. The summed E-state index contributed by atoms with van der Waals surface area (Å²) in [4.78, 5) is 4.29. The Hall–Kier alpha value is -0.830. The van der Waals surface area contributed by atoms with Crippen LogP contribution >= 0.6 is 0 Å². The molecule has 2 atom stereocenters. The topological polar surface area (TPSA) is 43.8 Å². The van der Waals surface area contributed by atoms with Gasteiger partial charge in [0.1, 0.15) is 5.82 Å². The number of hydrogen-bond acceptors (Lipinski definition) is 2. The second-order valence-electron chi connectivity index (χ2n) is 5.51. The first kappa shape index (κ1) is 12.2. The number of nitrogens with two attached hydrogens (primary N) is 1. The zero-order valence-corrected chi connectivity index (χ0v) is 10.5. The maximum atomic E-state index is 6.15. The highest BCUT2D eigenvalue weighted by Crippen LogP contribution is 2.31. The average molecular weight is 209 g/mol.